The highest BCUT2D eigenvalue weighted by molar-refractivity contribution is 6.07. The van der Waals surface area contributed by atoms with Gasteiger partial charge in [0.15, 0.2) is 5.76 Å². The fourth-order valence-corrected chi connectivity index (χ4v) is 1.76. The van der Waals surface area contributed by atoms with Gasteiger partial charge in [-0.05, 0) is 18.2 Å². The molecule has 0 N–H and O–H groups in total. The highest BCUT2D eigenvalue weighted by Crippen LogP contribution is 2.20. The normalized spacial score (nSPS) is 10.9. The van der Waals surface area contributed by atoms with Crippen molar-refractivity contribution in [1.82, 2.24) is 9.78 Å². The average Bonchev–Trinajstić information content (AvgIpc) is 2.93. The van der Waals surface area contributed by atoms with E-state index >= 15 is 0 Å². The van der Waals surface area contributed by atoms with Crippen LogP contribution in [0.4, 0.5) is 0 Å². The Morgan fingerprint density at radius 3 is 2.82 bits per heavy atom. The molecule has 4 nitrogen and oxygen atoms in total. The minimum Gasteiger partial charge on any atom is -0.453 e. The van der Waals surface area contributed by atoms with E-state index < -0.39 is 0 Å². The summed E-state index contributed by atoms with van der Waals surface area (Å²) in [6.07, 6.45) is 1.73. The van der Waals surface area contributed by atoms with Gasteiger partial charge in [-0.2, -0.15) is 5.10 Å². The molecule has 84 valence electrons. The smallest absolute Gasteiger partial charge is 0.248 e. The second-order valence-corrected chi connectivity index (χ2v) is 3.85. The fraction of sp³-hybridized carbons (Fsp3) is 0.0769. The number of benzene rings is 1. The Bertz CT molecular complexity index is 661. The fourth-order valence-electron chi connectivity index (χ4n) is 1.76. The lowest BCUT2D eigenvalue weighted by Gasteiger charge is -1.90. The zero-order valence-corrected chi connectivity index (χ0v) is 9.25. The van der Waals surface area contributed by atoms with Crippen LogP contribution in [0.2, 0.25) is 0 Å². The zero-order valence-electron chi connectivity index (χ0n) is 9.25. The van der Waals surface area contributed by atoms with Gasteiger partial charge in [-0.3, -0.25) is 9.48 Å². The molecule has 1 aromatic carbocycles. The number of carbonyl (C=O) groups is 1. The SMILES string of the molecule is Cn1ccc(C(=O)c2cc3ccccc3o2)n1. The molecule has 3 aromatic rings. The second-order valence-electron chi connectivity index (χ2n) is 3.85. The van der Waals surface area contributed by atoms with E-state index in [1.807, 2.05) is 24.3 Å². The van der Waals surface area contributed by atoms with Gasteiger partial charge in [-0.15, -0.1) is 0 Å². The molecule has 4 heteroatoms. The van der Waals surface area contributed by atoms with E-state index in [1.165, 1.54) is 0 Å². The molecule has 0 radical (unpaired) electrons. The van der Waals surface area contributed by atoms with E-state index in [4.69, 9.17) is 4.42 Å². The van der Waals surface area contributed by atoms with Crippen molar-refractivity contribution in [3.05, 3.63) is 54.0 Å². The molecular weight excluding hydrogens is 216 g/mol. The van der Waals surface area contributed by atoms with Crippen LogP contribution in [0.5, 0.6) is 0 Å². The lowest BCUT2D eigenvalue weighted by atomic mass is 10.2. The maximum atomic E-state index is 12.1. The zero-order chi connectivity index (χ0) is 11.8. The summed E-state index contributed by atoms with van der Waals surface area (Å²) in [4.78, 5) is 12.1. The van der Waals surface area contributed by atoms with Gasteiger partial charge >= 0.3 is 0 Å². The largest absolute Gasteiger partial charge is 0.453 e. The standard InChI is InChI=1S/C13H10N2O2/c1-15-7-6-10(14-15)13(16)12-8-9-4-2-3-5-11(9)17-12/h2-8H,1H3. The Morgan fingerprint density at radius 1 is 1.29 bits per heavy atom. The van der Waals surface area contributed by atoms with Gasteiger partial charge in [0, 0.05) is 18.6 Å². The molecule has 17 heavy (non-hydrogen) atoms. The topological polar surface area (TPSA) is 48.0 Å². The number of carbonyl (C=O) groups excluding carboxylic acids is 1. The molecule has 2 heterocycles. The number of rotatable bonds is 2. The summed E-state index contributed by atoms with van der Waals surface area (Å²) in [7, 11) is 1.77. The third-order valence-corrected chi connectivity index (χ3v) is 2.60. The third kappa shape index (κ3) is 1.63. The van der Waals surface area contributed by atoms with Crippen LogP contribution in [0, 0.1) is 0 Å². The van der Waals surface area contributed by atoms with Crippen LogP contribution in [0.3, 0.4) is 0 Å². The van der Waals surface area contributed by atoms with Gasteiger partial charge in [-0.1, -0.05) is 18.2 Å². The lowest BCUT2D eigenvalue weighted by molar-refractivity contribution is 0.101. The monoisotopic (exact) mass is 226 g/mol. The molecule has 0 saturated carbocycles. The molecule has 0 aliphatic heterocycles. The Hall–Kier alpha value is -2.36. The summed E-state index contributed by atoms with van der Waals surface area (Å²) in [5, 5.41) is 4.99. The molecule has 0 saturated heterocycles. The molecule has 0 amide bonds. The predicted molar refractivity (Wildman–Crippen MR) is 62.9 cm³/mol. The molecular formula is C13H10N2O2. The van der Waals surface area contributed by atoms with E-state index in [1.54, 1.807) is 30.1 Å². The van der Waals surface area contributed by atoms with Crippen molar-refractivity contribution < 1.29 is 9.21 Å². The van der Waals surface area contributed by atoms with Gasteiger partial charge in [0.05, 0.1) is 0 Å². The lowest BCUT2D eigenvalue weighted by Crippen LogP contribution is -2.01. The van der Waals surface area contributed by atoms with Crippen molar-refractivity contribution in [2.45, 2.75) is 0 Å². The van der Waals surface area contributed by atoms with Gasteiger partial charge in [0.25, 0.3) is 0 Å². The molecule has 0 spiro atoms. The number of ketones is 1. The van der Waals surface area contributed by atoms with Crippen LogP contribution in [0.1, 0.15) is 16.2 Å². The molecule has 2 aromatic heterocycles. The maximum absolute atomic E-state index is 12.1. The van der Waals surface area contributed by atoms with Crippen LogP contribution in [-0.2, 0) is 7.05 Å². The molecule has 0 fully saturated rings. The van der Waals surface area contributed by atoms with Crippen molar-refractivity contribution in [1.29, 1.82) is 0 Å². The minimum absolute atomic E-state index is 0.193. The number of fused-ring (bicyclic) bond motifs is 1. The molecule has 3 rings (SSSR count). The van der Waals surface area contributed by atoms with E-state index in [9.17, 15) is 4.79 Å². The first-order valence-corrected chi connectivity index (χ1v) is 5.27. The van der Waals surface area contributed by atoms with Gasteiger partial charge in [0.1, 0.15) is 11.3 Å². The van der Waals surface area contributed by atoms with Gasteiger partial charge < -0.3 is 4.42 Å². The van der Waals surface area contributed by atoms with Crippen molar-refractivity contribution >= 4 is 16.8 Å². The van der Waals surface area contributed by atoms with Crippen molar-refractivity contribution in [2.75, 3.05) is 0 Å². The summed E-state index contributed by atoms with van der Waals surface area (Å²) < 4.78 is 7.09. The number of hydrogen-bond acceptors (Lipinski definition) is 3. The van der Waals surface area contributed by atoms with Crippen LogP contribution < -0.4 is 0 Å². The molecule has 0 atom stereocenters. The first kappa shape index (κ1) is 9.84. The van der Waals surface area contributed by atoms with Crippen LogP contribution in [-0.4, -0.2) is 15.6 Å². The Kier molecular flexibility index (Phi) is 2.08. The van der Waals surface area contributed by atoms with Crippen molar-refractivity contribution in [2.24, 2.45) is 7.05 Å². The van der Waals surface area contributed by atoms with E-state index in [2.05, 4.69) is 5.10 Å². The summed E-state index contributed by atoms with van der Waals surface area (Å²) >= 11 is 0. The Morgan fingerprint density at radius 2 is 2.12 bits per heavy atom. The number of aromatic nitrogens is 2. The summed E-state index contributed by atoms with van der Waals surface area (Å²) in [6.45, 7) is 0. The molecule has 0 unspecified atom stereocenters. The summed E-state index contributed by atoms with van der Waals surface area (Å²) in [6, 6.07) is 11.0. The highest BCUT2D eigenvalue weighted by Gasteiger charge is 2.16. The maximum Gasteiger partial charge on any atom is 0.248 e. The number of furan rings is 1. The average molecular weight is 226 g/mol. The first-order chi connectivity index (χ1) is 8.24. The highest BCUT2D eigenvalue weighted by atomic mass is 16.3. The molecule has 0 bridgehead atoms. The number of aryl methyl sites for hydroxylation is 1. The van der Waals surface area contributed by atoms with E-state index in [0.717, 1.165) is 5.39 Å². The van der Waals surface area contributed by atoms with E-state index in [-0.39, 0.29) is 5.78 Å². The Labute approximate surface area is 97.5 Å². The summed E-state index contributed by atoms with van der Waals surface area (Å²) in [5.74, 6) is 0.131. The quantitative estimate of drug-likeness (QED) is 0.630. The Balaban J connectivity index is 2.06. The third-order valence-electron chi connectivity index (χ3n) is 2.60. The van der Waals surface area contributed by atoms with Crippen LogP contribution >= 0.6 is 0 Å². The predicted octanol–water partition coefficient (Wildman–Crippen LogP) is 2.40. The minimum atomic E-state index is -0.193. The van der Waals surface area contributed by atoms with Gasteiger partial charge in [-0.25, -0.2) is 0 Å². The van der Waals surface area contributed by atoms with Crippen molar-refractivity contribution in [3.8, 4) is 0 Å². The van der Waals surface area contributed by atoms with Crippen LogP contribution in [0.15, 0.2) is 47.0 Å². The number of nitrogens with zero attached hydrogens (tertiary/aromatic N) is 2. The molecule has 0 aliphatic carbocycles. The van der Waals surface area contributed by atoms with E-state index in [0.29, 0.717) is 17.0 Å². The first-order valence-electron chi connectivity index (χ1n) is 5.27. The van der Waals surface area contributed by atoms with Crippen LogP contribution in [0.25, 0.3) is 11.0 Å². The number of hydrogen-bond donors (Lipinski definition) is 0. The van der Waals surface area contributed by atoms with Gasteiger partial charge in [0.2, 0.25) is 5.78 Å². The second kappa shape index (κ2) is 3.59. The molecule has 0 aliphatic rings. The van der Waals surface area contributed by atoms with Crippen molar-refractivity contribution in [3.63, 3.8) is 0 Å². The summed E-state index contributed by atoms with van der Waals surface area (Å²) in [5.41, 5.74) is 1.11. The number of para-hydroxylation sites is 1.